The van der Waals surface area contributed by atoms with E-state index in [0.29, 0.717) is 13.1 Å². The molecule has 114 valence electrons. The van der Waals surface area contributed by atoms with Crippen LogP contribution >= 0.6 is 11.3 Å². The van der Waals surface area contributed by atoms with Gasteiger partial charge < -0.3 is 5.11 Å². The minimum atomic E-state index is -0.205. The first kappa shape index (κ1) is 15.2. The standard InChI is InChI=1S/C18H18FNOS/c19-16-6-7-18-17(10-16)15(13-22-18)12-20(8-9-21)11-14-4-2-1-3-5-14/h1-7,10,13,21H,8-9,11-12H2. The summed E-state index contributed by atoms with van der Waals surface area (Å²) in [7, 11) is 0. The van der Waals surface area contributed by atoms with Gasteiger partial charge in [-0.3, -0.25) is 4.90 Å². The Morgan fingerprint density at radius 3 is 2.64 bits per heavy atom. The smallest absolute Gasteiger partial charge is 0.123 e. The molecular weight excluding hydrogens is 297 g/mol. The van der Waals surface area contributed by atoms with Crippen LogP contribution in [0.1, 0.15) is 11.1 Å². The van der Waals surface area contributed by atoms with Gasteiger partial charge in [-0.2, -0.15) is 0 Å². The van der Waals surface area contributed by atoms with E-state index in [2.05, 4.69) is 22.4 Å². The molecule has 0 radical (unpaired) electrons. The van der Waals surface area contributed by atoms with Gasteiger partial charge in [0, 0.05) is 24.3 Å². The number of halogens is 1. The first-order valence-corrected chi connectivity index (χ1v) is 8.17. The summed E-state index contributed by atoms with van der Waals surface area (Å²) in [6.45, 7) is 2.19. The van der Waals surface area contributed by atoms with Crippen LogP contribution in [0.25, 0.3) is 10.1 Å². The lowest BCUT2D eigenvalue weighted by Crippen LogP contribution is -2.25. The van der Waals surface area contributed by atoms with Crippen molar-refractivity contribution in [3.63, 3.8) is 0 Å². The van der Waals surface area contributed by atoms with Gasteiger partial charge in [0.1, 0.15) is 5.82 Å². The third-order valence-corrected chi connectivity index (χ3v) is 4.69. The van der Waals surface area contributed by atoms with Crippen LogP contribution in [0.2, 0.25) is 0 Å². The van der Waals surface area contributed by atoms with Crippen molar-refractivity contribution in [2.45, 2.75) is 13.1 Å². The Labute approximate surface area is 133 Å². The maximum atomic E-state index is 13.5. The van der Waals surface area contributed by atoms with E-state index in [1.54, 1.807) is 17.4 Å². The Kier molecular flexibility index (Phi) is 4.83. The van der Waals surface area contributed by atoms with E-state index in [-0.39, 0.29) is 12.4 Å². The number of aliphatic hydroxyl groups is 1. The lowest BCUT2D eigenvalue weighted by Gasteiger charge is -2.21. The second kappa shape index (κ2) is 7.01. The van der Waals surface area contributed by atoms with Crippen LogP contribution in [0.3, 0.4) is 0 Å². The largest absolute Gasteiger partial charge is 0.395 e. The molecule has 0 aliphatic heterocycles. The number of hydrogen-bond donors (Lipinski definition) is 1. The third kappa shape index (κ3) is 3.53. The summed E-state index contributed by atoms with van der Waals surface area (Å²) in [5.41, 5.74) is 2.32. The Morgan fingerprint density at radius 2 is 1.86 bits per heavy atom. The molecule has 0 saturated carbocycles. The van der Waals surface area contributed by atoms with Gasteiger partial charge in [-0.15, -0.1) is 11.3 Å². The predicted molar refractivity (Wildman–Crippen MR) is 89.4 cm³/mol. The maximum Gasteiger partial charge on any atom is 0.123 e. The van der Waals surface area contributed by atoms with Crippen LogP contribution in [-0.4, -0.2) is 23.2 Å². The topological polar surface area (TPSA) is 23.5 Å². The van der Waals surface area contributed by atoms with Crippen LogP contribution < -0.4 is 0 Å². The minimum absolute atomic E-state index is 0.114. The van der Waals surface area contributed by atoms with Gasteiger partial charge in [0.05, 0.1) is 6.61 Å². The van der Waals surface area contributed by atoms with Crippen molar-refractivity contribution in [2.24, 2.45) is 0 Å². The van der Waals surface area contributed by atoms with Crippen LogP contribution in [-0.2, 0) is 13.1 Å². The molecule has 0 aliphatic carbocycles. The van der Waals surface area contributed by atoms with E-state index in [1.807, 2.05) is 24.3 Å². The molecule has 0 bridgehead atoms. The molecule has 0 spiro atoms. The summed E-state index contributed by atoms with van der Waals surface area (Å²) in [6, 6.07) is 15.1. The van der Waals surface area contributed by atoms with Crippen LogP contribution in [0.15, 0.2) is 53.9 Å². The Morgan fingerprint density at radius 1 is 1.05 bits per heavy atom. The van der Waals surface area contributed by atoms with Crippen molar-refractivity contribution < 1.29 is 9.50 Å². The SMILES string of the molecule is OCCN(Cc1ccccc1)Cc1csc2ccc(F)cc12. The van der Waals surface area contributed by atoms with Gasteiger partial charge in [0.15, 0.2) is 0 Å². The molecule has 1 N–H and O–H groups in total. The average Bonchev–Trinajstić information content (AvgIpc) is 2.91. The van der Waals surface area contributed by atoms with Crippen molar-refractivity contribution in [3.8, 4) is 0 Å². The second-order valence-electron chi connectivity index (χ2n) is 5.32. The molecule has 0 fully saturated rings. The molecule has 22 heavy (non-hydrogen) atoms. The van der Waals surface area contributed by atoms with Crippen LogP contribution in [0.5, 0.6) is 0 Å². The summed E-state index contributed by atoms with van der Waals surface area (Å²) in [5.74, 6) is -0.205. The van der Waals surface area contributed by atoms with E-state index in [9.17, 15) is 9.50 Å². The third-order valence-electron chi connectivity index (χ3n) is 3.67. The first-order valence-electron chi connectivity index (χ1n) is 7.29. The monoisotopic (exact) mass is 315 g/mol. The molecule has 3 aromatic rings. The normalized spacial score (nSPS) is 11.4. The Bertz CT molecular complexity index is 741. The molecule has 2 aromatic carbocycles. The molecule has 1 heterocycles. The van der Waals surface area contributed by atoms with Crippen LogP contribution in [0.4, 0.5) is 4.39 Å². The van der Waals surface area contributed by atoms with E-state index in [4.69, 9.17) is 0 Å². The van der Waals surface area contributed by atoms with Crippen LogP contribution in [0, 0.1) is 5.82 Å². The predicted octanol–water partition coefficient (Wildman–Crippen LogP) is 4.03. The highest BCUT2D eigenvalue weighted by Crippen LogP contribution is 2.28. The number of aliphatic hydroxyl groups excluding tert-OH is 1. The summed E-state index contributed by atoms with van der Waals surface area (Å²) >= 11 is 1.63. The molecule has 1 aromatic heterocycles. The van der Waals surface area contributed by atoms with Crippen molar-refractivity contribution in [3.05, 3.63) is 70.9 Å². The van der Waals surface area contributed by atoms with Crippen molar-refractivity contribution in [2.75, 3.05) is 13.2 Å². The molecule has 3 rings (SSSR count). The number of nitrogens with zero attached hydrogens (tertiary/aromatic N) is 1. The van der Waals surface area contributed by atoms with Crippen molar-refractivity contribution in [1.29, 1.82) is 0 Å². The molecule has 2 nitrogen and oxygen atoms in total. The van der Waals surface area contributed by atoms with Gasteiger partial charge in [-0.25, -0.2) is 4.39 Å². The van der Waals surface area contributed by atoms with Gasteiger partial charge in [0.25, 0.3) is 0 Å². The zero-order valence-electron chi connectivity index (χ0n) is 12.2. The summed E-state index contributed by atoms with van der Waals surface area (Å²) in [4.78, 5) is 2.18. The first-order chi connectivity index (χ1) is 10.8. The number of thiophene rings is 1. The molecule has 4 heteroatoms. The fraction of sp³-hybridized carbons (Fsp3) is 0.222. The molecule has 0 saturated heterocycles. The molecule has 0 aliphatic rings. The van der Waals surface area contributed by atoms with E-state index in [0.717, 1.165) is 22.2 Å². The lowest BCUT2D eigenvalue weighted by atomic mass is 10.1. The fourth-order valence-electron chi connectivity index (χ4n) is 2.61. The molecule has 0 atom stereocenters. The summed E-state index contributed by atoms with van der Waals surface area (Å²) in [5, 5.41) is 12.4. The fourth-order valence-corrected chi connectivity index (χ4v) is 3.55. The quantitative estimate of drug-likeness (QED) is 0.742. The van der Waals surface area contributed by atoms with E-state index < -0.39 is 0 Å². The summed E-state index contributed by atoms with van der Waals surface area (Å²) < 4.78 is 14.6. The highest BCUT2D eigenvalue weighted by molar-refractivity contribution is 7.17. The highest BCUT2D eigenvalue weighted by atomic mass is 32.1. The maximum absolute atomic E-state index is 13.5. The summed E-state index contributed by atoms with van der Waals surface area (Å²) in [6.07, 6.45) is 0. The Balaban J connectivity index is 1.81. The number of hydrogen-bond acceptors (Lipinski definition) is 3. The Hall–Kier alpha value is -1.75. The molecule has 0 amide bonds. The van der Waals surface area contributed by atoms with Gasteiger partial charge in [-0.1, -0.05) is 30.3 Å². The average molecular weight is 315 g/mol. The van der Waals surface area contributed by atoms with Crippen molar-refractivity contribution >= 4 is 21.4 Å². The van der Waals surface area contributed by atoms with Crippen molar-refractivity contribution in [1.82, 2.24) is 4.90 Å². The number of benzene rings is 2. The minimum Gasteiger partial charge on any atom is -0.395 e. The van der Waals surface area contributed by atoms with E-state index in [1.165, 1.54) is 11.6 Å². The molecular formula is C18H18FNOS. The van der Waals surface area contributed by atoms with Gasteiger partial charge in [-0.05, 0) is 40.1 Å². The zero-order chi connectivity index (χ0) is 15.4. The second-order valence-corrected chi connectivity index (χ2v) is 6.23. The number of rotatable bonds is 6. The number of fused-ring (bicyclic) bond motifs is 1. The van der Waals surface area contributed by atoms with E-state index >= 15 is 0 Å². The molecule has 0 unspecified atom stereocenters. The lowest BCUT2D eigenvalue weighted by molar-refractivity contribution is 0.185. The zero-order valence-corrected chi connectivity index (χ0v) is 13.0. The highest BCUT2D eigenvalue weighted by Gasteiger charge is 2.11. The van der Waals surface area contributed by atoms with Gasteiger partial charge in [0.2, 0.25) is 0 Å². The van der Waals surface area contributed by atoms with Gasteiger partial charge >= 0.3 is 0 Å².